The minimum atomic E-state index is -4.98. The third-order valence-electron chi connectivity index (χ3n) is 7.04. The first-order valence-electron chi connectivity index (χ1n) is 12.1. The van der Waals surface area contributed by atoms with E-state index in [1.54, 1.807) is 6.07 Å². The van der Waals surface area contributed by atoms with Crippen molar-refractivity contribution in [2.45, 2.75) is 47.8 Å². The standard InChI is InChI=1S/C25H17BrF7N5OS2/c1-40-23-36-22-16(41-23)7-14(26)19(35-22)15(4-9-2-10(27)5-11(28)3-9)34-17(39)8-38-21-18(20(37-38)25(31,32)33)12-6-13(12)24(21,29)30/h2-3,5,7,12-13,15H,4,6,8H2,1H3,(H,34,39)/t12-,13+,15-/m0/s1. The number of nitrogens with zero attached hydrogens (tertiary/aromatic N) is 4. The van der Waals surface area contributed by atoms with Crippen LogP contribution in [0.3, 0.4) is 0 Å². The Morgan fingerprint density at radius 3 is 2.59 bits per heavy atom. The molecule has 1 aromatic carbocycles. The Morgan fingerprint density at radius 1 is 1.22 bits per heavy atom. The van der Waals surface area contributed by atoms with Crippen LogP contribution in [0, 0.1) is 17.6 Å². The third-order valence-corrected chi connectivity index (χ3v) is 9.65. The minimum absolute atomic E-state index is 0.0791. The molecule has 0 aliphatic heterocycles. The van der Waals surface area contributed by atoms with Gasteiger partial charge in [0.25, 0.3) is 5.92 Å². The Kier molecular flexibility index (Phi) is 6.88. The second-order valence-corrected chi connectivity index (χ2v) is 12.7. The number of fused-ring (bicyclic) bond motifs is 4. The van der Waals surface area contributed by atoms with Crippen LogP contribution in [-0.4, -0.2) is 31.9 Å². The summed E-state index contributed by atoms with van der Waals surface area (Å²) in [7, 11) is 0. The molecule has 1 N–H and O–H groups in total. The Hall–Kier alpha value is -2.72. The zero-order chi connectivity index (χ0) is 29.4. The van der Waals surface area contributed by atoms with Crippen molar-refractivity contribution in [2.24, 2.45) is 5.92 Å². The Balaban J connectivity index is 1.35. The van der Waals surface area contributed by atoms with Crippen molar-refractivity contribution >= 4 is 55.3 Å². The molecule has 3 aromatic heterocycles. The number of halogens is 8. The van der Waals surface area contributed by atoms with Gasteiger partial charge in [0.05, 0.1) is 16.4 Å². The van der Waals surface area contributed by atoms with E-state index in [0.29, 0.717) is 20.9 Å². The van der Waals surface area contributed by atoms with E-state index in [0.717, 1.165) is 21.2 Å². The molecule has 3 heterocycles. The lowest BCUT2D eigenvalue weighted by atomic mass is 10.0. The molecular formula is C25H17BrF7N5OS2. The summed E-state index contributed by atoms with van der Waals surface area (Å²) < 4.78 is 101. The van der Waals surface area contributed by atoms with Crippen LogP contribution >= 0.6 is 39.0 Å². The summed E-state index contributed by atoms with van der Waals surface area (Å²) in [6, 6.07) is 3.45. The topological polar surface area (TPSA) is 72.7 Å². The maximum absolute atomic E-state index is 15.0. The number of carbonyl (C=O) groups excluding carboxylic acids is 1. The lowest BCUT2D eigenvalue weighted by molar-refractivity contribution is -0.142. The molecule has 3 atom stereocenters. The first-order chi connectivity index (χ1) is 19.3. The van der Waals surface area contributed by atoms with E-state index in [1.165, 1.54) is 23.1 Å². The largest absolute Gasteiger partial charge is 0.435 e. The van der Waals surface area contributed by atoms with Crippen LogP contribution < -0.4 is 5.32 Å². The number of nitrogens with one attached hydrogen (secondary N) is 1. The Morgan fingerprint density at radius 2 is 1.93 bits per heavy atom. The highest BCUT2D eigenvalue weighted by atomic mass is 79.9. The fourth-order valence-electron chi connectivity index (χ4n) is 5.32. The highest BCUT2D eigenvalue weighted by Gasteiger charge is 2.68. The van der Waals surface area contributed by atoms with E-state index >= 15 is 0 Å². The number of amides is 1. The molecule has 4 aromatic rings. The molecule has 2 aliphatic rings. The van der Waals surface area contributed by atoms with Crippen LogP contribution in [0.25, 0.3) is 10.3 Å². The van der Waals surface area contributed by atoms with Crippen molar-refractivity contribution < 1.29 is 35.5 Å². The number of pyridine rings is 1. The number of thioether (sulfide) groups is 1. The van der Waals surface area contributed by atoms with Gasteiger partial charge in [0.2, 0.25) is 5.91 Å². The van der Waals surface area contributed by atoms with Crippen molar-refractivity contribution in [3.63, 3.8) is 0 Å². The van der Waals surface area contributed by atoms with Gasteiger partial charge in [0, 0.05) is 22.0 Å². The van der Waals surface area contributed by atoms with Gasteiger partial charge in [-0.1, -0.05) is 11.8 Å². The predicted molar refractivity (Wildman–Crippen MR) is 140 cm³/mol. The molecule has 1 amide bonds. The van der Waals surface area contributed by atoms with E-state index < -0.39 is 71.0 Å². The Labute approximate surface area is 243 Å². The molecule has 0 saturated heterocycles. The normalized spacial score (nSPS) is 19.7. The molecule has 41 heavy (non-hydrogen) atoms. The van der Waals surface area contributed by atoms with Crippen LogP contribution in [0.5, 0.6) is 0 Å². The van der Waals surface area contributed by atoms with Gasteiger partial charge in [-0.05, 0) is 64.7 Å². The molecule has 0 bridgehead atoms. The first kappa shape index (κ1) is 28.4. The smallest absolute Gasteiger partial charge is 0.346 e. The molecule has 2 aliphatic carbocycles. The summed E-state index contributed by atoms with van der Waals surface area (Å²) >= 11 is 6.18. The van der Waals surface area contributed by atoms with Crippen molar-refractivity contribution in [1.82, 2.24) is 25.1 Å². The summed E-state index contributed by atoms with van der Waals surface area (Å²) in [5.41, 5.74) is -2.16. The van der Waals surface area contributed by atoms with Crippen LogP contribution in [0.4, 0.5) is 30.7 Å². The lowest BCUT2D eigenvalue weighted by Gasteiger charge is -2.21. The van der Waals surface area contributed by atoms with Gasteiger partial charge >= 0.3 is 6.18 Å². The zero-order valence-electron chi connectivity index (χ0n) is 20.7. The zero-order valence-corrected chi connectivity index (χ0v) is 23.9. The van der Waals surface area contributed by atoms with Gasteiger partial charge in [-0.3, -0.25) is 9.48 Å². The average molecular weight is 680 g/mol. The molecule has 1 saturated carbocycles. The molecule has 0 unspecified atom stereocenters. The number of carbonyl (C=O) groups is 1. The minimum Gasteiger partial charge on any atom is -0.346 e. The number of benzene rings is 1. The molecule has 6 rings (SSSR count). The van der Waals surface area contributed by atoms with Crippen LogP contribution in [-0.2, 0) is 29.9 Å². The quantitative estimate of drug-likeness (QED) is 0.169. The molecule has 0 radical (unpaired) electrons. The average Bonchev–Trinajstić information content (AvgIpc) is 3.33. The second kappa shape index (κ2) is 9.93. The van der Waals surface area contributed by atoms with Crippen LogP contribution in [0.1, 0.15) is 46.6 Å². The monoisotopic (exact) mass is 679 g/mol. The van der Waals surface area contributed by atoms with E-state index in [-0.39, 0.29) is 24.1 Å². The second-order valence-electron chi connectivity index (χ2n) is 9.80. The van der Waals surface area contributed by atoms with Crippen molar-refractivity contribution in [2.75, 3.05) is 6.26 Å². The van der Waals surface area contributed by atoms with E-state index in [1.807, 2.05) is 6.26 Å². The third kappa shape index (κ3) is 5.11. The summed E-state index contributed by atoms with van der Waals surface area (Å²) in [6.07, 6.45) is -3.40. The van der Waals surface area contributed by atoms with Gasteiger partial charge in [-0.25, -0.2) is 18.7 Å². The molecule has 16 heteroatoms. The van der Waals surface area contributed by atoms with Gasteiger partial charge in [-0.15, -0.1) is 11.3 Å². The van der Waals surface area contributed by atoms with Crippen molar-refractivity contribution in [3.05, 3.63) is 68.6 Å². The van der Waals surface area contributed by atoms with Gasteiger partial charge in [0.15, 0.2) is 15.7 Å². The highest BCUT2D eigenvalue weighted by Crippen LogP contribution is 2.68. The fraction of sp³-hybridized carbons (Fsp3) is 0.360. The highest BCUT2D eigenvalue weighted by molar-refractivity contribution is 9.10. The maximum Gasteiger partial charge on any atom is 0.435 e. The number of hydrogen-bond acceptors (Lipinski definition) is 6. The number of aromatic nitrogens is 4. The number of thiazole rings is 1. The van der Waals surface area contributed by atoms with Crippen molar-refractivity contribution in [3.8, 4) is 0 Å². The van der Waals surface area contributed by atoms with Crippen molar-refractivity contribution in [1.29, 1.82) is 0 Å². The number of hydrogen-bond donors (Lipinski definition) is 1. The van der Waals surface area contributed by atoms with Gasteiger partial charge in [0.1, 0.15) is 23.9 Å². The predicted octanol–water partition coefficient (Wildman–Crippen LogP) is 6.98. The van der Waals surface area contributed by atoms with Crippen LogP contribution in [0.15, 0.2) is 33.1 Å². The fourth-order valence-corrected chi connectivity index (χ4v) is 7.52. The van der Waals surface area contributed by atoms with Gasteiger partial charge < -0.3 is 5.32 Å². The molecule has 6 nitrogen and oxygen atoms in total. The molecular weight excluding hydrogens is 663 g/mol. The first-order valence-corrected chi connectivity index (χ1v) is 14.9. The molecule has 0 spiro atoms. The van der Waals surface area contributed by atoms with E-state index in [9.17, 15) is 35.5 Å². The molecule has 1 fully saturated rings. The summed E-state index contributed by atoms with van der Waals surface area (Å²) in [4.78, 5) is 22.1. The number of alkyl halides is 5. The summed E-state index contributed by atoms with van der Waals surface area (Å²) in [5.74, 6) is -8.43. The van der Waals surface area contributed by atoms with E-state index in [4.69, 9.17) is 0 Å². The SMILES string of the molecule is CSc1nc2nc([C@H](Cc3cc(F)cc(F)c3)NC(=O)Cn3nc(C(F)(F)F)c4c3C(F)(F)[C@@H]3C[C@H]43)c(Br)cc2s1. The lowest BCUT2D eigenvalue weighted by Crippen LogP contribution is -2.35. The van der Waals surface area contributed by atoms with E-state index in [2.05, 4.69) is 36.3 Å². The van der Waals surface area contributed by atoms with Crippen LogP contribution in [0.2, 0.25) is 0 Å². The number of rotatable bonds is 7. The van der Waals surface area contributed by atoms with Gasteiger partial charge in [-0.2, -0.15) is 27.1 Å². The maximum atomic E-state index is 15.0. The summed E-state index contributed by atoms with van der Waals surface area (Å²) in [6.45, 7) is -0.936. The summed E-state index contributed by atoms with van der Waals surface area (Å²) in [5, 5.41) is 5.98. The molecule has 216 valence electrons. The Bertz CT molecular complexity index is 1690.